The Morgan fingerprint density at radius 2 is 1.95 bits per heavy atom. The first kappa shape index (κ1) is 15.9. The third kappa shape index (κ3) is 4.81. The summed E-state index contributed by atoms with van der Waals surface area (Å²) in [6.45, 7) is 7.85. The molecule has 21 heavy (non-hydrogen) atoms. The fraction of sp³-hybridized carbons (Fsp3) is 0.562. The standard InChI is InChI=1S/C16H25N3O2/c1-12-3-5-14(6-4-12)15(18-16(20)13(2)17)11-19-7-9-21-10-8-19/h3-6,13,15H,7-11,17H2,1-2H3,(H,18,20)/t13-,15?/m1/s1. The highest BCUT2D eigenvalue weighted by molar-refractivity contribution is 5.81. The van der Waals surface area contributed by atoms with Gasteiger partial charge < -0.3 is 15.8 Å². The van der Waals surface area contributed by atoms with Gasteiger partial charge in [0.05, 0.1) is 25.3 Å². The number of rotatable bonds is 5. The van der Waals surface area contributed by atoms with Crippen molar-refractivity contribution >= 4 is 5.91 Å². The lowest BCUT2D eigenvalue weighted by molar-refractivity contribution is -0.123. The molecule has 1 saturated heterocycles. The van der Waals surface area contributed by atoms with Crippen molar-refractivity contribution in [2.24, 2.45) is 5.73 Å². The van der Waals surface area contributed by atoms with E-state index >= 15 is 0 Å². The van der Waals surface area contributed by atoms with Gasteiger partial charge in [-0.3, -0.25) is 9.69 Å². The molecule has 2 rings (SSSR count). The summed E-state index contributed by atoms with van der Waals surface area (Å²) in [5.74, 6) is -0.117. The van der Waals surface area contributed by atoms with Gasteiger partial charge in [-0.15, -0.1) is 0 Å². The molecule has 116 valence electrons. The molecular formula is C16H25N3O2. The van der Waals surface area contributed by atoms with Gasteiger partial charge in [-0.05, 0) is 19.4 Å². The maximum Gasteiger partial charge on any atom is 0.237 e. The molecule has 1 aromatic rings. The number of carbonyl (C=O) groups excluding carboxylic acids is 1. The van der Waals surface area contributed by atoms with Crippen LogP contribution in [0.2, 0.25) is 0 Å². The molecule has 3 N–H and O–H groups in total. The molecule has 1 heterocycles. The normalized spacial score (nSPS) is 19.0. The summed E-state index contributed by atoms with van der Waals surface area (Å²) < 4.78 is 5.37. The number of nitrogens with two attached hydrogens (primary N) is 1. The third-order valence-electron chi connectivity index (χ3n) is 3.75. The fourth-order valence-corrected chi connectivity index (χ4v) is 2.38. The Kier molecular flexibility index (Phi) is 5.73. The second-order valence-corrected chi connectivity index (χ2v) is 5.67. The molecule has 0 spiro atoms. The number of nitrogens with zero attached hydrogens (tertiary/aromatic N) is 1. The number of morpholine rings is 1. The van der Waals surface area contributed by atoms with Crippen LogP contribution in [0.5, 0.6) is 0 Å². The van der Waals surface area contributed by atoms with Crippen molar-refractivity contribution < 1.29 is 9.53 Å². The highest BCUT2D eigenvalue weighted by atomic mass is 16.5. The second kappa shape index (κ2) is 7.54. The third-order valence-corrected chi connectivity index (χ3v) is 3.75. The van der Waals surface area contributed by atoms with Gasteiger partial charge in [-0.2, -0.15) is 0 Å². The fourth-order valence-electron chi connectivity index (χ4n) is 2.38. The zero-order valence-corrected chi connectivity index (χ0v) is 12.8. The van der Waals surface area contributed by atoms with Gasteiger partial charge in [0.15, 0.2) is 0 Å². The van der Waals surface area contributed by atoms with Gasteiger partial charge in [0.1, 0.15) is 0 Å². The van der Waals surface area contributed by atoms with Crippen molar-refractivity contribution in [3.8, 4) is 0 Å². The number of amides is 1. The SMILES string of the molecule is Cc1ccc(C(CN2CCOCC2)NC(=O)[C@@H](C)N)cc1. The van der Waals surface area contributed by atoms with Crippen LogP contribution in [-0.2, 0) is 9.53 Å². The minimum Gasteiger partial charge on any atom is -0.379 e. The molecule has 2 atom stereocenters. The van der Waals surface area contributed by atoms with Gasteiger partial charge >= 0.3 is 0 Å². The Morgan fingerprint density at radius 3 is 2.52 bits per heavy atom. The molecule has 0 saturated carbocycles. The van der Waals surface area contributed by atoms with E-state index < -0.39 is 6.04 Å². The van der Waals surface area contributed by atoms with Gasteiger partial charge in [0.25, 0.3) is 0 Å². The lowest BCUT2D eigenvalue weighted by Gasteiger charge is -2.31. The van der Waals surface area contributed by atoms with E-state index in [4.69, 9.17) is 10.5 Å². The van der Waals surface area contributed by atoms with Gasteiger partial charge in [0.2, 0.25) is 5.91 Å². The van der Waals surface area contributed by atoms with Crippen molar-refractivity contribution in [3.05, 3.63) is 35.4 Å². The Balaban J connectivity index is 2.08. The molecule has 0 radical (unpaired) electrons. The molecule has 5 nitrogen and oxygen atoms in total. The van der Waals surface area contributed by atoms with Crippen LogP contribution in [0.25, 0.3) is 0 Å². The Morgan fingerprint density at radius 1 is 1.33 bits per heavy atom. The highest BCUT2D eigenvalue weighted by Crippen LogP contribution is 2.16. The first-order chi connectivity index (χ1) is 10.1. The molecule has 5 heteroatoms. The van der Waals surface area contributed by atoms with Gasteiger partial charge in [-0.25, -0.2) is 0 Å². The quantitative estimate of drug-likeness (QED) is 0.843. The molecule has 1 aliphatic heterocycles. The van der Waals surface area contributed by atoms with Crippen LogP contribution >= 0.6 is 0 Å². The van der Waals surface area contributed by atoms with Crippen molar-refractivity contribution in [2.75, 3.05) is 32.8 Å². The minimum atomic E-state index is -0.498. The molecule has 1 unspecified atom stereocenters. The number of nitrogens with one attached hydrogen (secondary N) is 1. The van der Waals surface area contributed by atoms with Crippen LogP contribution in [0.4, 0.5) is 0 Å². The number of aryl methyl sites for hydroxylation is 1. The Hall–Kier alpha value is -1.43. The average molecular weight is 291 g/mol. The predicted molar refractivity (Wildman–Crippen MR) is 83.0 cm³/mol. The first-order valence-electron chi connectivity index (χ1n) is 7.49. The van der Waals surface area contributed by atoms with Gasteiger partial charge in [-0.1, -0.05) is 29.8 Å². The molecule has 0 aromatic heterocycles. The summed E-state index contributed by atoms with van der Waals surface area (Å²) in [4.78, 5) is 14.3. The number of hydrogen-bond donors (Lipinski definition) is 2. The maximum atomic E-state index is 12.0. The molecule has 1 fully saturated rings. The lowest BCUT2D eigenvalue weighted by atomic mass is 10.0. The average Bonchev–Trinajstić information content (AvgIpc) is 2.48. The first-order valence-corrected chi connectivity index (χ1v) is 7.49. The van der Waals surface area contributed by atoms with E-state index in [-0.39, 0.29) is 11.9 Å². The van der Waals surface area contributed by atoms with Crippen molar-refractivity contribution in [1.82, 2.24) is 10.2 Å². The summed E-state index contributed by atoms with van der Waals surface area (Å²) in [5.41, 5.74) is 8.00. The molecule has 1 aromatic carbocycles. The van der Waals surface area contributed by atoms with Crippen LogP contribution in [0.15, 0.2) is 24.3 Å². The van der Waals surface area contributed by atoms with Crippen LogP contribution in [-0.4, -0.2) is 49.7 Å². The summed E-state index contributed by atoms with van der Waals surface area (Å²) >= 11 is 0. The monoisotopic (exact) mass is 291 g/mol. The summed E-state index contributed by atoms with van der Waals surface area (Å²) in [7, 11) is 0. The van der Waals surface area contributed by atoms with E-state index in [0.29, 0.717) is 0 Å². The molecule has 0 bridgehead atoms. The van der Waals surface area contributed by atoms with E-state index in [1.54, 1.807) is 6.92 Å². The Bertz CT molecular complexity index is 453. The number of hydrogen-bond acceptors (Lipinski definition) is 4. The smallest absolute Gasteiger partial charge is 0.237 e. The zero-order valence-electron chi connectivity index (χ0n) is 12.8. The lowest BCUT2D eigenvalue weighted by Crippen LogP contribution is -2.46. The number of ether oxygens (including phenoxy) is 1. The topological polar surface area (TPSA) is 67.6 Å². The van der Waals surface area contributed by atoms with Crippen molar-refractivity contribution in [3.63, 3.8) is 0 Å². The van der Waals surface area contributed by atoms with Crippen LogP contribution < -0.4 is 11.1 Å². The summed E-state index contributed by atoms with van der Waals surface area (Å²) in [6, 6.07) is 7.74. The maximum absolute atomic E-state index is 12.0. The number of benzene rings is 1. The van der Waals surface area contributed by atoms with Crippen molar-refractivity contribution in [1.29, 1.82) is 0 Å². The molecule has 1 aliphatic rings. The van der Waals surface area contributed by atoms with E-state index in [1.807, 2.05) is 0 Å². The zero-order chi connectivity index (χ0) is 15.2. The molecule has 0 aliphatic carbocycles. The van der Waals surface area contributed by atoms with E-state index in [9.17, 15) is 4.79 Å². The van der Waals surface area contributed by atoms with Crippen LogP contribution in [0, 0.1) is 6.92 Å². The minimum absolute atomic E-state index is 0.0396. The largest absolute Gasteiger partial charge is 0.379 e. The predicted octanol–water partition coefficient (Wildman–Crippen LogP) is 0.832. The summed E-state index contributed by atoms with van der Waals surface area (Å²) in [5, 5.41) is 3.05. The van der Waals surface area contributed by atoms with E-state index in [2.05, 4.69) is 41.4 Å². The van der Waals surface area contributed by atoms with Gasteiger partial charge in [0, 0.05) is 19.6 Å². The van der Waals surface area contributed by atoms with Crippen LogP contribution in [0.3, 0.4) is 0 Å². The summed E-state index contributed by atoms with van der Waals surface area (Å²) in [6.07, 6.45) is 0. The number of carbonyl (C=O) groups is 1. The second-order valence-electron chi connectivity index (χ2n) is 5.67. The van der Waals surface area contributed by atoms with Crippen molar-refractivity contribution in [2.45, 2.75) is 25.9 Å². The Labute approximate surface area is 126 Å². The van der Waals surface area contributed by atoms with Crippen LogP contribution in [0.1, 0.15) is 24.1 Å². The van der Waals surface area contributed by atoms with E-state index in [1.165, 1.54) is 5.56 Å². The van der Waals surface area contributed by atoms with E-state index in [0.717, 1.165) is 38.4 Å². The highest BCUT2D eigenvalue weighted by Gasteiger charge is 2.21. The molecular weight excluding hydrogens is 266 g/mol. The molecule has 1 amide bonds.